The molecule has 0 unspecified atom stereocenters. The first-order valence-electron chi connectivity index (χ1n) is 4.51. The molecular formula is C9H9Cl2N5. The molecule has 0 aliphatic carbocycles. The highest BCUT2D eigenvalue weighted by Crippen LogP contribution is 2.25. The van der Waals surface area contributed by atoms with Crippen molar-refractivity contribution in [2.24, 2.45) is 0 Å². The summed E-state index contributed by atoms with van der Waals surface area (Å²) in [5, 5.41) is 5.20. The third-order valence-electron chi connectivity index (χ3n) is 2.15. The predicted octanol–water partition coefficient (Wildman–Crippen LogP) is 2.17. The van der Waals surface area contributed by atoms with Crippen LogP contribution >= 0.6 is 23.2 Å². The average molecular weight is 258 g/mol. The van der Waals surface area contributed by atoms with Crippen molar-refractivity contribution in [2.75, 3.05) is 5.73 Å². The number of hydrogen-bond acceptors (Lipinski definition) is 4. The first-order chi connectivity index (χ1) is 7.50. The van der Waals surface area contributed by atoms with Crippen molar-refractivity contribution in [3.8, 4) is 5.82 Å². The molecule has 0 saturated carbocycles. The van der Waals surface area contributed by atoms with Crippen molar-refractivity contribution >= 4 is 29.2 Å². The largest absolute Gasteiger partial charge is 0.368 e. The van der Waals surface area contributed by atoms with Crippen LogP contribution in [0.1, 0.15) is 11.4 Å². The van der Waals surface area contributed by atoms with E-state index in [-0.39, 0.29) is 5.95 Å². The molecule has 16 heavy (non-hydrogen) atoms. The van der Waals surface area contributed by atoms with Gasteiger partial charge in [0.05, 0.1) is 22.6 Å². The monoisotopic (exact) mass is 257 g/mol. The highest BCUT2D eigenvalue weighted by Gasteiger charge is 2.14. The Balaban J connectivity index is 2.67. The lowest BCUT2D eigenvalue weighted by Gasteiger charge is -2.05. The summed E-state index contributed by atoms with van der Waals surface area (Å²) in [6.07, 6.45) is 1.43. The number of nitrogens with two attached hydrogens (primary N) is 1. The van der Waals surface area contributed by atoms with Gasteiger partial charge in [-0.2, -0.15) is 10.1 Å². The fraction of sp³-hybridized carbons (Fsp3) is 0.222. The molecule has 0 saturated heterocycles. The molecule has 0 fully saturated rings. The van der Waals surface area contributed by atoms with E-state index in [0.29, 0.717) is 21.6 Å². The number of hydrogen-bond donors (Lipinski definition) is 1. The lowest BCUT2D eigenvalue weighted by atomic mass is 10.4. The lowest BCUT2D eigenvalue weighted by molar-refractivity contribution is 0.803. The normalized spacial score (nSPS) is 10.8. The van der Waals surface area contributed by atoms with E-state index in [1.165, 1.54) is 6.20 Å². The van der Waals surface area contributed by atoms with Crippen molar-refractivity contribution in [3.63, 3.8) is 0 Å². The summed E-state index contributed by atoms with van der Waals surface area (Å²) in [6, 6.07) is 0. The van der Waals surface area contributed by atoms with Crippen LogP contribution in [0.4, 0.5) is 5.95 Å². The molecule has 84 valence electrons. The van der Waals surface area contributed by atoms with Crippen molar-refractivity contribution < 1.29 is 0 Å². The van der Waals surface area contributed by atoms with Gasteiger partial charge in [0.1, 0.15) is 5.02 Å². The second kappa shape index (κ2) is 3.92. The fourth-order valence-electron chi connectivity index (χ4n) is 1.35. The zero-order valence-corrected chi connectivity index (χ0v) is 10.2. The molecule has 0 aromatic carbocycles. The Kier molecular flexibility index (Phi) is 2.73. The maximum atomic E-state index is 6.04. The Hall–Kier alpha value is -1.33. The molecule has 2 aromatic heterocycles. The van der Waals surface area contributed by atoms with Crippen LogP contribution in [0.2, 0.25) is 10.0 Å². The van der Waals surface area contributed by atoms with Gasteiger partial charge < -0.3 is 5.73 Å². The molecule has 7 heteroatoms. The van der Waals surface area contributed by atoms with E-state index in [1.807, 2.05) is 13.8 Å². The summed E-state index contributed by atoms with van der Waals surface area (Å²) >= 11 is 12.0. The third kappa shape index (κ3) is 1.72. The molecule has 2 rings (SSSR count). The lowest BCUT2D eigenvalue weighted by Crippen LogP contribution is -2.06. The van der Waals surface area contributed by atoms with E-state index in [4.69, 9.17) is 28.9 Å². The minimum absolute atomic E-state index is 0.142. The van der Waals surface area contributed by atoms with E-state index in [1.54, 1.807) is 4.68 Å². The molecule has 0 amide bonds. The summed E-state index contributed by atoms with van der Waals surface area (Å²) in [6.45, 7) is 3.64. The third-order valence-corrected chi connectivity index (χ3v) is 2.96. The number of nitrogens with zero attached hydrogens (tertiary/aromatic N) is 4. The number of halogens is 2. The van der Waals surface area contributed by atoms with Crippen molar-refractivity contribution in [1.29, 1.82) is 0 Å². The molecule has 2 aromatic rings. The highest BCUT2D eigenvalue weighted by molar-refractivity contribution is 6.32. The number of rotatable bonds is 1. The second-order valence-corrected chi connectivity index (χ2v) is 4.08. The number of nitrogen functional groups attached to an aromatic ring is 1. The molecule has 2 N–H and O–H groups in total. The van der Waals surface area contributed by atoms with Gasteiger partial charge in [-0.15, -0.1) is 0 Å². The van der Waals surface area contributed by atoms with Crippen LogP contribution in [0.25, 0.3) is 5.82 Å². The standard InChI is InChI=1S/C9H9Cl2N5/c1-4-7(11)5(2)16(15-4)8-6(10)3-13-9(12)14-8/h3H,1-2H3,(H2,12,13,14). The van der Waals surface area contributed by atoms with Gasteiger partial charge in [0.15, 0.2) is 5.82 Å². The van der Waals surface area contributed by atoms with Crippen LogP contribution in [-0.2, 0) is 0 Å². The Morgan fingerprint density at radius 2 is 2.00 bits per heavy atom. The number of aryl methyl sites for hydroxylation is 1. The molecule has 0 bridgehead atoms. The molecule has 0 spiro atoms. The van der Waals surface area contributed by atoms with Crippen LogP contribution in [0.3, 0.4) is 0 Å². The van der Waals surface area contributed by atoms with Crippen LogP contribution in [0, 0.1) is 13.8 Å². The Bertz CT molecular complexity index is 549. The first-order valence-corrected chi connectivity index (χ1v) is 5.26. The van der Waals surface area contributed by atoms with Gasteiger partial charge >= 0.3 is 0 Å². The van der Waals surface area contributed by atoms with E-state index in [2.05, 4.69) is 15.1 Å². The zero-order chi connectivity index (χ0) is 11.9. The molecular weight excluding hydrogens is 249 g/mol. The predicted molar refractivity (Wildman–Crippen MR) is 63.1 cm³/mol. The summed E-state index contributed by atoms with van der Waals surface area (Å²) in [7, 11) is 0. The van der Waals surface area contributed by atoms with Crippen LogP contribution in [0.5, 0.6) is 0 Å². The zero-order valence-electron chi connectivity index (χ0n) is 8.70. The molecule has 5 nitrogen and oxygen atoms in total. The SMILES string of the molecule is Cc1nn(-c2nc(N)ncc2Cl)c(C)c1Cl. The van der Waals surface area contributed by atoms with Crippen molar-refractivity contribution in [3.05, 3.63) is 27.6 Å². The molecule has 2 heterocycles. The van der Waals surface area contributed by atoms with E-state index < -0.39 is 0 Å². The number of aromatic nitrogens is 4. The molecule has 0 radical (unpaired) electrons. The van der Waals surface area contributed by atoms with Gasteiger partial charge in [-0.1, -0.05) is 23.2 Å². The van der Waals surface area contributed by atoms with Gasteiger partial charge in [0.2, 0.25) is 5.95 Å². The molecule has 0 aliphatic rings. The quantitative estimate of drug-likeness (QED) is 0.850. The summed E-state index contributed by atoms with van der Waals surface area (Å²) in [5.74, 6) is 0.574. The molecule has 0 atom stereocenters. The minimum atomic E-state index is 0.142. The average Bonchev–Trinajstić information content (AvgIpc) is 2.50. The minimum Gasteiger partial charge on any atom is -0.368 e. The fourth-order valence-corrected chi connectivity index (χ4v) is 1.64. The Labute approximate surface area is 102 Å². The first kappa shape index (κ1) is 11.2. The van der Waals surface area contributed by atoms with Crippen LogP contribution in [0.15, 0.2) is 6.20 Å². The van der Waals surface area contributed by atoms with Gasteiger partial charge in [-0.3, -0.25) is 0 Å². The van der Waals surface area contributed by atoms with E-state index >= 15 is 0 Å². The Morgan fingerprint density at radius 1 is 1.31 bits per heavy atom. The molecule has 0 aliphatic heterocycles. The topological polar surface area (TPSA) is 69.6 Å². The maximum Gasteiger partial charge on any atom is 0.222 e. The van der Waals surface area contributed by atoms with E-state index in [9.17, 15) is 0 Å². The van der Waals surface area contributed by atoms with Crippen molar-refractivity contribution in [1.82, 2.24) is 19.7 Å². The highest BCUT2D eigenvalue weighted by atomic mass is 35.5. The summed E-state index contributed by atoms with van der Waals surface area (Å²) in [5.41, 5.74) is 6.98. The van der Waals surface area contributed by atoms with Crippen LogP contribution < -0.4 is 5.73 Å². The van der Waals surface area contributed by atoms with Gasteiger partial charge in [-0.05, 0) is 13.8 Å². The van der Waals surface area contributed by atoms with E-state index in [0.717, 1.165) is 5.69 Å². The number of anilines is 1. The van der Waals surface area contributed by atoms with Crippen LogP contribution in [-0.4, -0.2) is 19.7 Å². The summed E-state index contributed by atoms with van der Waals surface area (Å²) in [4.78, 5) is 7.82. The van der Waals surface area contributed by atoms with Gasteiger partial charge in [0, 0.05) is 0 Å². The second-order valence-electron chi connectivity index (χ2n) is 3.30. The van der Waals surface area contributed by atoms with Crippen molar-refractivity contribution in [2.45, 2.75) is 13.8 Å². The summed E-state index contributed by atoms with van der Waals surface area (Å²) < 4.78 is 1.55. The van der Waals surface area contributed by atoms with Gasteiger partial charge in [-0.25, -0.2) is 9.67 Å². The van der Waals surface area contributed by atoms with Gasteiger partial charge in [0.25, 0.3) is 0 Å². The Morgan fingerprint density at radius 3 is 2.56 bits per heavy atom. The maximum absolute atomic E-state index is 6.04. The smallest absolute Gasteiger partial charge is 0.222 e.